The average molecular weight is 231 g/mol. The zero-order chi connectivity index (χ0) is 11.3. The van der Waals surface area contributed by atoms with Gasteiger partial charge in [-0.1, -0.05) is 13.8 Å². The van der Waals surface area contributed by atoms with Crippen molar-refractivity contribution in [2.24, 2.45) is 11.8 Å². The Bertz CT molecular complexity index is 175. The molecule has 15 heavy (non-hydrogen) atoms. The smallest absolute Gasteiger partial charge is 0.0374 e. The first-order valence-electron chi connectivity index (χ1n) is 5.89. The van der Waals surface area contributed by atoms with Crippen LogP contribution in [0.5, 0.6) is 0 Å². The van der Waals surface area contributed by atoms with Crippen LogP contribution in [0.25, 0.3) is 0 Å². The van der Waals surface area contributed by atoms with Crippen molar-refractivity contribution < 1.29 is 0 Å². The Morgan fingerprint density at radius 3 is 2.73 bits per heavy atom. The fraction of sp³-hybridized carbons (Fsp3) is 1.00. The van der Waals surface area contributed by atoms with E-state index >= 15 is 0 Å². The second-order valence-corrected chi connectivity index (χ2v) is 6.02. The molecule has 3 nitrogen and oxygen atoms in total. The van der Waals surface area contributed by atoms with E-state index in [1.807, 2.05) is 11.8 Å². The Morgan fingerprint density at radius 2 is 2.20 bits per heavy atom. The van der Waals surface area contributed by atoms with Crippen LogP contribution in [0.15, 0.2) is 0 Å². The van der Waals surface area contributed by atoms with Crippen LogP contribution in [-0.2, 0) is 0 Å². The Morgan fingerprint density at radius 1 is 1.47 bits per heavy atom. The van der Waals surface area contributed by atoms with Crippen molar-refractivity contribution >= 4 is 11.8 Å². The number of rotatable bonds is 5. The standard InChI is InChI=1S/C11H25N3S/c1-9(2)4-5-10(13-12)11-8-15-7-6-14(11)3/h9-11,13H,4-8,12H2,1-3H3. The molecule has 0 spiro atoms. The summed E-state index contributed by atoms with van der Waals surface area (Å²) in [6.45, 7) is 5.73. The lowest BCUT2D eigenvalue weighted by Gasteiger charge is -2.37. The molecule has 3 N–H and O–H groups in total. The first-order valence-corrected chi connectivity index (χ1v) is 7.04. The summed E-state index contributed by atoms with van der Waals surface area (Å²) in [4.78, 5) is 2.45. The monoisotopic (exact) mass is 231 g/mol. The first kappa shape index (κ1) is 13.3. The molecule has 2 unspecified atom stereocenters. The average Bonchev–Trinajstić information content (AvgIpc) is 2.21. The molecule has 2 atom stereocenters. The van der Waals surface area contributed by atoms with E-state index in [4.69, 9.17) is 5.84 Å². The van der Waals surface area contributed by atoms with E-state index in [2.05, 4.69) is 31.2 Å². The van der Waals surface area contributed by atoms with Gasteiger partial charge in [-0.3, -0.25) is 11.3 Å². The molecule has 0 aliphatic carbocycles. The van der Waals surface area contributed by atoms with Crippen LogP contribution in [0.2, 0.25) is 0 Å². The highest BCUT2D eigenvalue weighted by Crippen LogP contribution is 2.20. The lowest BCUT2D eigenvalue weighted by Crippen LogP contribution is -2.54. The van der Waals surface area contributed by atoms with E-state index in [9.17, 15) is 0 Å². The van der Waals surface area contributed by atoms with Crippen molar-refractivity contribution in [1.82, 2.24) is 10.3 Å². The number of thioether (sulfide) groups is 1. The Hall–Kier alpha value is 0.230. The third-order valence-electron chi connectivity index (χ3n) is 3.18. The molecule has 0 aromatic rings. The zero-order valence-electron chi connectivity index (χ0n) is 10.2. The van der Waals surface area contributed by atoms with Crippen LogP contribution in [0, 0.1) is 5.92 Å². The fourth-order valence-electron chi connectivity index (χ4n) is 2.03. The molecule has 0 bridgehead atoms. The van der Waals surface area contributed by atoms with E-state index in [1.165, 1.54) is 30.9 Å². The third kappa shape index (κ3) is 4.31. The molecule has 90 valence electrons. The number of hydrazine groups is 1. The number of hydrogen-bond acceptors (Lipinski definition) is 4. The topological polar surface area (TPSA) is 41.3 Å². The van der Waals surface area contributed by atoms with Gasteiger partial charge in [-0.15, -0.1) is 0 Å². The molecule has 1 saturated heterocycles. The lowest BCUT2D eigenvalue weighted by atomic mass is 9.98. The fourth-order valence-corrected chi connectivity index (χ4v) is 3.34. The van der Waals surface area contributed by atoms with E-state index < -0.39 is 0 Å². The van der Waals surface area contributed by atoms with Crippen molar-refractivity contribution in [3.8, 4) is 0 Å². The normalized spacial score (nSPS) is 25.8. The lowest BCUT2D eigenvalue weighted by molar-refractivity contribution is 0.203. The molecule has 1 heterocycles. The zero-order valence-corrected chi connectivity index (χ0v) is 11.0. The van der Waals surface area contributed by atoms with Gasteiger partial charge in [-0.25, -0.2) is 0 Å². The summed E-state index contributed by atoms with van der Waals surface area (Å²) in [5, 5.41) is 0. The van der Waals surface area contributed by atoms with E-state index in [-0.39, 0.29) is 0 Å². The van der Waals surface area contributed by atoms with Gasteiger partial charge in [-0.05, 0) is 25.8 Å². The summed E-state index contributed by atoms with van der Waals surface area (Å²) in [5.41, 5.74) is 3.00. The number of nitrogens with two attached hydrogens (primary N) is 1. The van der Waals surface area contributed by atoms with Crippen LogP contribution in [0.4, 0.5) is 0 Å². The molecule has 1 aliphatic rings. The maximum atomic E-state index is 5.67. The second kappa shape index (κ2) is 6.74. The number of nitrogens with one attached hydrogen (secondary N) is 1. The highest BCUT2D eigenvalue weighted by atomic mass is 32.2. The van der Waals surface area contributed by atoms with Crippen LogP contribution in [-0.4, -0.2) is 42.1 Å². The van der Waals surface area contributed by atoms with Crippen molar-refractivity contribution in [2.75, 3.05) is 25.1 Å². The van der Waals surface area contributed by atoms with Crippen LogP contribution < -0.4 is 11.3 Å². The molecule has 0 aromatic carbocycles. The largest absolute Gasteiger partial charge is 0.300 e. The van der Waals surface area contributed by atoms with Gasteiger partial charge >= 0.3 is 0 Å². The van der Waals surface area contributed by atoms with Gasteiger partial charge in [0.1, 0.15) is 0 Å². The molecule has 0 aromatic heterocycles. The number of hydrogen-bond donors (Lipinski definition) is 2. The molecule has 1 aliphatic heterocycles. The third-order valence-corrected chi connectivity index (χ3v) is 4.23. The van der Waals surface area contributed by atoms with Gasteiger partial charge < -0.3 is 4.90 Å². The Balaban J connectivity index is 2.41. The minimum atomic E-state index is 0.449. The van der Waals surface area contributed by atoms with E-state index in [0.717, 1.165) is 5.92 Å². The predicted octanol–water partition coefficient (Wildman–Crippen LogP) is 1.30. The van der Waals surface area contributed by atoms with Crippen molar-refractivity contribution in [3.05, 3.63) is 0 Å². The van der Waals surface area contributed by atoms with E-state index in [0.29, 0.717) is 12.1 Å². The molecule has 0 saturated carbocycles. The maximum Gasteiger partial charge on any atom is 0.0374 e. The highest BCUT2D eigenvalue weighted by molar-refractivity contribution is 7.99. The van der Waals surface area contributed by atoms with Gasteiger partial charge in [0.25, 0.3) is 0 Å². The van der Waals surface area contributed by atoms with Crippen molar-refractivity contribution in [2.45, 2.75) is 38.8 Å². The predicted molar refractivity (Wildman–Crippen MR) is 68.9 cm³/mol. The summed E-state index contributed by atoms with van der Waals surface area (Å²) in [6.07, 6.45) is 2.44. The maximum absolute atomic E-state index is 5.67. The van der Waals surface area contributed by atoms with Gasteiger partial charge in [0, 0.05) is 30.1 Å². The minimum absolute atomic E-state index is 0.449. The number of likely N-dealkylation sites (N-methyl/N-ethyl adjacent to an activating group) is 1. The molecule has 0 amide bonds. The SMILES string of the molecule is CC(C)CCC(NN)C1CSCCN1C. The van der Waals surface area contributed by atoms with Gasteiger partial charge in [0.05, 0.1) is 0 Å². The van der Waals surface area contributed by atoms with Crippen LogP contribution >= 0.6 is 11.8 Å². The summed E-state index contributed by atoms with van der Waals surface area (Å²) in [7, 11) is 2.21. The van der Waals surface area contributed by atoms with Crippen molar-refractivity contribution in [1.29, 1.82) is 0 Å². The first-order chi connectivity index (χ1) is 7.15. The second-order valence-electron chi connectivity index (χ2n) is 4.87. The Kier molecular flexibility index (Phi) is 5.97. The molecular weight excluding hydrogens is 206 g/mol. The molecular formula is C11H25N3S. The highest BCUT2D eigenvalue weighted by Gasteiger charge is 2.26. The summed E-state index contributed by atoms with van der Waals surface area (Å²) < 4.78 is 0. The Labute approximate surface area is 98.1 Å². The molecule has 1 fully saturated rings. The quantitative estimate of drug-likeness (QED) is 0.553. The summed E-state index contributed by atoms with van der Waals surface area (Å²) in [5.74, 6) is 8.90. The van der Waals surface area contributed by atoms with Crippen molar-refractivity contribution in [3.63, 3.8) is 0 Å². The van der Waals surface area contributed by atoms with Crippen LogP contribution in [0.1, 0.15) is 26.7 Å². The molecule has 0 radical (unpaired) electrons. The summed E-state index contributed by atoms with van der Waals surface area (Å²) >= 11 is 2.05. The minimum Gasteiger partial charge on any atom is -0.300 e. The van der Waals surface area contributed by atoms with E-state index in [1.54, 1.807) is 0 Å². The van der Waals surface area contributed by atoms with Gasteiger partial charge in [0.15, 0.2) is 0 Å². The van der Waals surface area contributed by atoms with Gasteiger partial charge in [-0.2, -0.15) is 11.8 Å². The summed E-state index contributed by atoms with van der Waals surface area (Å²) in [6, 6.07) is 1.05. The molecule has 1 rings (SSSR count). The van der Waals surface area contributed by atoms with Gasteiger partial charge in [0.2, 0.25) is 0 Å². The molecule has 4 heteroatoms. The van der Waals surface area contributed by atoms with Crippen LogP contribution in [0.3, 0.4) is 0 Å². The number of nitrogens with zero attached hydrogens (tertiary/aromatic N) is 1.